The number of guanidine groups is 1. The number of rotatable bonds is 4. The van der Waals surface area contributed by atoms with Gasteiger partial charge in [0.2, 0.25) is 5.96 Å². The molecule has 0 bridgehead atoms. The lowest BCUT2D eigenvalue weighted by Gasteiger charge is -2.21. The number of nitrogens with zero attached hydrogens (tertiary/aromatic N) is 2. The zero-order valence-corrected chi connectivity index (χ0v) is 11.9. The number of nitrogens with one attached hydrogen (secondary N) is 1. The van der Waals surface area contributed by atoms with Crippen LogP contribution in [-0.4, -0.2) is 32.2 Å². The average molecular weight is 254 g/mol. The average Bonchev–Trinajstić information content (AvgIpc) is 2.46. The van der Waals surface area contributed by atoms with Crippen molar-refractivity contribution in [1.29, 1.82) is 0 Å². The van der Waals surface area contributed by atoms with Crippen LogP contribution in [0, 0.1) is 0 Å². The molecule has 5 heteroatoms. The van der Waals surface area contributed by atoms with Crippen molar-refractivity contribution in [3.05, 3.63) is 29.8 Å². The predicted molar refractivity (Wildman–Crippen MR) is 78.6 cm³/mol. The third-order valence-corrected chi connectivity index (χ3v) is 2.28. The second kappa shape index (κ2) is 9.30. The quantitative estimate of drug-likeness (QED) is 0.489. The Balaban J connectivity index is 0. The molecule has 1 rings (SSSR count). The molecule has 1 aromatic rings. The number of ether oxygens (including phenoxy) is 1. The molecule has 0 fully saturated rings. The third-order valence-electron chi connectivity index (χ3n) is 2.28. The Labute approximate surface area is 111 Å². The van der Waals surface area contributed by atoms with Crippen molar-refractivity contribution in [2.75, 3.05) is 21.2 Å². The van der Waals surface area contributed by atoms with Gasteiger partial charge in [-0.05, 0) is 17.7 Å². The highest BCUT2D eigenvalue weighted by Crippen LogP contribution is 2.12. The Hall–Kier alpha value is -1.75. The van der Waals surface area contributed by atoms with Gasteiger partial charge >= 0.3 is 0 Å². The van der Waals surface area contributed by atoms with E-state index in [1.165, 1.54) is 0 Å². The molecule has 0 unspecified atom stereocenters. The highest BCUT2D eigenvalue weighted by atomic mass is 16.5. The first-order chi connectivity index (χ1) is 8.71. The van der Waals surface area contributed by atoms with Crippen LogP contribution in [0.3, 0.4) is 0 Å². The van der Waals surface area contributed by atoms with E-state index in [1.54, 1.807) is 19.2 Å². The van der Waals surface area contributed by atoms with Gasteiger partial charge in [0.05, 0.1) is 13.7 Å². The fourth-order valence-electron chi connectivity index (χ4n) is 1.31. The van der Waals surface area contributed by atoms with Crippen molar-refractivity contribution in [2.24, 2.45) is 10.7 Å². The van der Waals surface area contributed by atoms with Gasteiger partial charge in [-0.2, -0.15) is 0 Å². The molecule has 0 aliphatic heterocycles. The topological polar surface area (TPSA) is 62.9 Å². The van der Waals surface area contributed by atoms with Gasteiger partial charge in [-0.15, -0.1) is 0 Å². The summed E-state index contributed by atoms with van der Waals surface area (Å²) >= 11 is 0. The maximum atomic E-state index is 5.72. The molecular weight excluding hydrogens is 228 g/mol. The standard InChI is InChI=1S/C11H18N4O.C2H6.H2/c1-13-11(12)15(14-2)8-9-4-6-10(16-3)7-5-9;1-2;/h4-7,14H,8H2,1-3H3,(H2,12,13);1-2H3;1H. The Bertz CT molecular complexity index is 354. The van der Waals surface area contributed by atoms with Crippen LogP contribution >= 0.6 is 0 Å². The van der Waals surface area contributed by atoms with E-state index in [0.717, 1.165) is 11.3 Å². The summed E-state index contributed by atoms with van der Waals surface area (Å²) in [4.78, 5) is 3.92. The maximum Gasteiger partial charge on any atom is 0.205 e. The molecule has 3 N–H and O–H groups in total. The molecule has 0 aliphatic rings. The Morgan fingerprint density at radius 1 is 1.39 bits per heavy atom. The van der Waals surface area contributed by atoms with E-state index < -0.39 is 0 Å². The summed E-state index contributed by atoms with van der Waals surface area (Å²) in [6, 6.07) is 7.82. The van der Waals surface area contributed by atoms with E-state index in [2.05, 4.69) is 10.4 Å². The number of hydrogen-bond acceptors (Lipinski definition) is 3. The van der Waals surface area contributed by atoms with Crippen LogP contribution in [-0.2, 0) is 6.54 Å². The highest BCUT2D eigenvalue weighted by Gasteiger charge is 2.05. The van der Waals surface area contributed by atoms with Crippen molar-refractivity contribution in [3.63, 3.8) is 0 Å². The normalized spacial score (nSPS) is 10.4. The van der Waals surface area contributed by atoms with Crippen LogP contribution in [0.2, 0.25) is 0 Å². The molecule has 0 heterocycles. The monoisotopic (exact) mass is 254 g/mol. The zero-order chi connectivity index (χ0) is 14.0. The molecule has 0 saturated carbocycles. The molecule has 0 amide bonds. The molecule has 1 aromatic carbocycles. The number of nitrogens with two attached hydrogens (primary N) is 1. The van der Waals surface area contributed by atoms with E-state index >= 15 is 0 Å². The van der Waals surface area contributed by atoms with E-state index in [9.17, 15) is 0 Å². The fourth-order valence-corrected chi connectivity index (χ4v) is 1.31. The Morgan fingerprint density at radius 2 is 1.94 bits per heavy atom. The van der Waals surface area contributed by atoms with Crippen LogP contribution < -0.4 is 15.9 Å². The predicted octanol–water partition coefficient (Wildman–Crippen LogP) is 1.85. The number of hydrogen-bond donors (Lipinski definition) is 2. The molecule has 0 atom stereocenters. The second-order valence-electron chi connectivity index (χ2n) is 3.24. The Morgan fingerprint density at radius 3 is 2.33 bits per heavy atom. The molecule has 18 heavy (non-hydrogen) atoms. The lowest BCUT2D eigenvalue weighted by atomic mass is 10.2. The van der Waals surface area contributed by atoms with Gasteiger partial charge in [-0.25, -0.2) is 5.43 Å². The first kappa shape index (κ1) is 16.2. The summed E-state index contributed by atoms with van der Waals surface area (Å²) in [5, 5.41) is 1.77. The van der Waals surface area contributed by atoms with Crippen molar-refractivity contribution in [3.8, 4) is 5.75 Å². The summed E-state index contributed by atoms with van der Waals surface area (Å²) < 4.78 is 5.09. The second-order valence-corrected chi connectivity index (χ2v) is 3.24. The molecular formula is C13H26N4O. The number of benzene rings is 1. The first-order valence-corrected chi connectivity index (χ1v) is 6.01. The van der Waals surface area contributed by atoms with Crippen LogP contribution in [0.25, 0.3) is 0 Å². The van der Waals surface area contributed by atoms with Crippen molar-refractivity contribution in [2.45, 2.75) is 20.4 Å². The number of methoxy groups -OCH3 is 1. The third kappa shape index (κ3) is 5.05. The molecule has 5 nitrogen and oxygen atoms in total. The molecule has 0 aliphatic carbocycles. The van der Waals surface area contributed by atoms with Gasteiger partial charge in [0, 0.05) is 15.5 Å². The molecule has 0 aromatic heterocycles. The number of hydrazine groups is 1. The lowest BCUT2D eigenvalue weighted by molar-refractivity contribution is 0.326. The molecule has 0 saturated heterocycles. The molecule has 104 valence electrons. The largest absolute Gasteiger partial charge is 0.497 e. The van der Waals surface area contributed by atoms with Gasteiger partial charge in [0.1, 0.15) is 5.75 Å². The molecule has 0 radical (unpaired) electrons. The van der Waals surface area contributed by atoms with Gasteiger partial charge < -0.3 is 10.5 Å². The van der Waals surface area contributed by atoms with Gasteiger partial charge in [0.15, 0.2) is 0 Å². The van der Waals surface area contributed by atoms with Crippen molar-refractivity contribution < 1.29 is 6.16 Å². The van der Waals surface area contributed by atoms with Crippen LogP contribution in [0.1, 0.15) is 20.8 Å². The summed E-state index contributed by atoms with van der Waals surface area (Å²) in [6.07, 6.45) is 0. The lowest BCUT2D eigenvalue weighted by Crippen LogP contribution is -2.44. The van der Waals surface area contributed by atoms with Crippen LogP contribution in [0.4, 0.5) is 0 Å². The maximum absolute atomic E-state index is 5.72. The number of aliphatic imine (C=N–C) groups is 1. The summed E-state index contributed by atoms with van der Waals surface area (Å²) in [5.74, 6) is 1.30. The smallest absolute Gasteiger partial charge is 0.205 e. The first-order valence-electron chi connectivity index (χ1n) is 6.01. The Kier molecular flexibility index (Phi) is 8.39. The summed E-state index contributed by atoms with van der Waals surface area (Å²) in [7, 11) is 5.12. The van der Waals surface area contributed by atoms with Gasteiger partial charge in [-0.1, -0.05) is 26.0 Å². The minimum Gasteiger partial charge on any atom is -0.497 e. The minimum absolute atomic E-state index is 0. The van der Waals surface area contributed by atoms with Crippen molar-refractivity contribution in [1.82, 2.24) is 10.4 Å². The minimum atomic E-state index is 0. The summed E-state index contributed by atoms with van der Waals surface area (Å²) in [6.45, 7) is 4.66. The van der Waals surface area contributed by atoms with E-state index in [-0.39, 0.29) is 1.43 Å². The summed E-state index contributed by atoms with van der Waals surface area (Å²) in [5.41, 5.74) is 9.82. The van der Waals surface area contributed by atoms with E-state index in [4.69, 9.17) is 10.5 Å². The van der Waals surface area contributed by atoms with Gasteiger partial charge in [0.25, 0.3) is 0 Å². The zero-order valence-electron chi connectivity index (χ0n) is 11.9. The highest BCUT2D eigenvalue weighted by molar-refractivity contribution is 5.77. The van der Waals surface area contributed by atoms with E-state index in [0.29, 0.717) is 12.5 Å². The van der Waals surface area contributed by atoms with Crippen LogP contribution in [0.5, 0.6) is 5.75 Å². The molecule has 0 spiro atoms. The van der Waals surface area contributed by atoms with Gasteiger partial charge in [-0.3, -0.25) is 10.0 Å². The van der Waals surface area contributed by atoms with Crippen molar-refractivity contribution >= 4 is 5.96 Å². The van der Waals surface area contributed by atoms with Crippen LogP contribution in [0.15, 0.2) is 29.3 Å². The fraction of sp³-hybridized carbons (Fsp3) is 0.462. The van der Waals surface area contributed by atoms with E-state index in [1.807, 2.05) is 45.2 Å². The SMILES string of the molecule is CC.CN=C(N)N(Cc1ccc(OC)cc1)NC.[HH].